The van der Waals surface area contributed by atoms with Crippen LogP contribution in [0.1, 0.15) is 10.4 Å². The summed E-state index contributed by atoms with van der Waals surface area (Å²) in [6.45, 7) is 0. The summed E-state index contributed by atoms with van der Waals surface area (Å²) in [5.41, 5.74) is 0.120. The van der Waals surface area contributed by atoms with E-state index in [-0.39, 0.29) is 11.3 Å². The zero-order valence-corrected chi connectivity index (χ0v) is 7.41. The van der Waals surface area contributed by atoms with E-state index in [1.54, 1.807) is 0 Å². The summed E-state index contributed by atoms with van der Waals surface area (Å²) in [5.74, 6) is -1.48. The minimum absolute atomic E-state index is 0.163. The second-order valence-electron chi connectivity index (χ2n) is 2.45. The molecule has 0 spiro atoms. The molecule has 1 aromatic rings. The van der Waals surface area contributed by atoms with Gasteiger partial charge in [0, 0.05) is 5.69 Å². The highest BCUT2D eigenvalue weighted by Gasteiger charge is 2.11. The van der Waals surface area contributed by atoms with Crippen LogP contribution in [0.25, 0.3) is 0 Å². The van der Waals surface area contributed by atoms with Crippen LogP contribution in [0.15, 0.2) is 18.2 Å². The number of esters is 1. The summed E-state index contributed by atoms with van der Waals surface area (Å²) in [5, 5.41) is 2.26. The lowest BCUT2D eigenvalue weighted by Gasteiger charge is -2.03. The predicted molar refractivity (Wildman–Crippen MR) is 47.4 cm³/mol. The molecule has 0 saturated carbocycles. The molecule has 5 heteroatoms. The van der Waals surface area contributed by atoms with E-state index in [4.69, 9.17) is 0 Å². The van der Waals surface area contributed by atoms with Crippen molar-refractivity contribution in [2.24, 2.45) is 0 Å². The molecule has 0 aromatic heterocycles. The number of carbonyl (C=O) groups excluding carboxylic acids is 2. The van der Waals surface area contributed by atoms with E-state index in [0.717, 1.165) is 6.07 Å². The van der Waals surface area contributed by atoms with Crippen LogP contribution >= 0.6 is 0 Å². The summed E-state index contributed by atoms with van der Waals surface area (Å²) in [6.07, 6.45) is 0.423. The average molecular weight is 197 g/mol. The number of benzene rings is 1. The lowest BCUT2D eigenvalue weighted by atomic mass is 10.2. The predicted octanol–water partition coefficient (Wildman–Crippen LogP) is 1.18. The Morgan fingerprint density at radius 3 is 2.79 bits per heavy atom. The van der Waals surface area contributed by atoms with Crippen LogP contribution in [0.4, 0.5) is 10.1 Å². The quantitative estimate of drug-likeness (QED) is 0.584. The van der Waals surface area contributed by atoms with Crippen LogP contribution < -0.4 is 5.32 Å². The molecule has 0 aliphatic carbocycles. The fourth-order valence-electron chi connectivity index (χ4n) is 0.948. The summed E-state index contributed by atoms with van der Waals surface area (Å²) in [4.78, 5) is 21.0. The van der Waals surface area contributed by atoms with E-state index in [2.05, 4.69) is 10.1 Å². The van der Waals surface area contributed by atoms with Gasteiger partial charge in [0.1, 0.15) is 5.82 Å². The molecule has 0 bridgehead atoms. The van der Waals surface area contributed by atoms with Gasteiger partial charge in [-0.2, -0.15) is 0 Å². The first-order valence-electron chi connectivity index (χ1n) is 3.77. The summed E-state index contributed by atoms with van der Waals surface area (Å²) < 4.78 is 17.5. The SMILES string of the molecule is COC(=O)c1ccc(NC=O)cc1F. The van der Waals surface area contributed by atoms with Gasteiger partial charge in [0.25, 0.3) is 0 Å². The van der Waals surface area contributed by atoms with Gasteiger partial charge < -0.3 is 10.1 Å². The average Bonchev–Trinajstić information content (AvgIpc) is 2.17. The zero-order valence-electron chi connectivity index (χ0n) is 7.41. The fourth-order valence-corrected chi connectivity index (χ4v) is 0.948. The summed E-state index contributed by atoms with van der Waals surface area (Å²) >= 11 is 0. The van der Waals surface area contributed by atoms with Crippen molar-refractivity contribution in [3.63, 3.8) is 0 Å². The van der Waals surface area contributed by atoms with Crippen molar-refractivity contribution < 1.29 is 18.7 Å². The van der Waals surface area contributed by atoms with Gasteiger partial charge >= 0.3 is 5.97 Å². The van der Waals surface area contributed by atoms with Crippen molar-refractivity contribution in [3.8, 4) is 0 Å². The van der Waals surface area contributed by atoms with Crippen molar-refractivity contribution in [3.05, 3.63) is 29.6 Å². The molecule has 0 unspecified atom stereocenters. The largest absolute Gasteiger partial charge is 0.465 e. The van der Waals surface area contributed by atoms with E-state index < -0.39 is 11.8 Å². The second kappa shape index (κ2) is 4.36. The molecule has 1 rings (SSSR count). The molecule has 1 aromatic carbocycles. The number of carbonyl (C=O) groups is 2. The highest BCUT2D eigenvalue weighted by molar-refractivity contribution is 5.90. The zero-order chi connectivity index (χ0) is 10.6. The number of methoxy groups -OCH3 is 1. The molecule has 0 saturated heterocycles. The molecule has 0 radical (unpaired) electrons. The molecule has 0 aliphatic rings. The maximum atomic E-state index is 13.2. The molecular weight excluding hydrogens is 189 g/mol. The van der Waals surface area contributed by atoms with E-state index in [9.17, 15) is 14.0 Å². The van der Waals surface area contributed by atoms with Crippen LogP contribution in [0.3, 0.4) is 0 Å². The number of halogens is 1. The number of nitrogens with one attached hydrogen (secondary N) is 1. The lowest BCUT2D eigenvalue weighted by Crippen LogP contribution is -2.05. The Labute approximate surface area is 79.7 Å². The number of hydrogen-bond donors (Lipinski definition) is 1. The Bertz CT molecular complexity index is 365. The normalized spacial score (nSPS) is 9.29. The van der Waals surface area contributed by atoms with E-state index in [1.807, 2.05) is 0 Å². The molecule has 0 fully saturated rings. The molecule has 14 heavy (non-hydrogen) atoms. The number of ether oxygens (including phenoxy) is 1. The first-order chi connectivity index (χ1) is 6.69. The van der Waals surface area contributed by atoms with Gasteiger partial charge in [-0.1, -0.05) is 0 Å². The monoisotopic (exact) mass is 197 g/mol. The molecule has 4 nitrogen and oxygen atoms in total. The Balaban J connectivity index is 3.00. The van der Waals surface area contributed by atoms with Gasteiger partial charge in [-0.15, -0.1) is 0 Å². The van der Waals surface area contributed by atoms with Crippen molar-refractivity contribution >= 4 is 18.1 Å². The van der Waals surface area contributed by atoms with Gasteiger partial charge in [-0.05, 0) is 18.2 Å². The third-order valence-corrected chi connectivity index (χ3v) is 1.60. The highest BCUT2D eigenvalue weighted by Crippen LogP contribution is 2.14. The molecular formula is C9H8FNO3. The molecule has 0 atom stereocenters. The maximum Gasteiger partial charge on any atom is 0.340 e. The van der Waals surface area contributed by atoms with E-state index in [1.165, 1.54) is 19.2 Å². The van der Waals surface area contributed by atoms with Gasteiger partial charge in [0.15, 0.2) is 0 Å². The molecule has 1 amide bonds. The molecule has 0 heterocycles. The Hall–Kier alpha value is -1.91. The second-order valence-corrected chi connectivity index (χ2v) is 2.45. The van der Waals surface area contributed by atoms with Gasteiger partial charge in [0.05, 0.1) is 12.7 Å². The standard InChI is InChI=1S/C9H8FNO3/c1-14-9(13)7-3-2-6(11-5-12)4-8(7)10/h2-5H,1H3,(H,11,12). The number of rotatable bonds is 3. The Kier molecular flexibility index (Phi) is 3.17. The van der Waals surface area contributed by atoms with Crippen molar-refractivity contribution in [1.29, 1.82) is 0 Å². The smallest absolute Gasteiger partial charge is 0.340 e. The Morgan fingerprint density at radius 2 is 2.29 bits per heavy atom. The molecule has 74 valence electrons. The lowest BCUT2D eigenvalue weighted by molar-refractivity contribution is -0.105. The first-order valence-corrected chi connectivity index (χ1v) is 3.77. The third-order valence-electron chi connectivity index (χ3n) is 1.60. The minimum atomic E-state index is -0.750. The number of anilines is 1. The van der Waals surface area contributed by atoms with Crippen LogP contribution in [0.5, 0.6) is 0 Å². The fraction of sp³-hybridized carbons (Fsp3) is 0.111. The third kappa shape index (κ3) is 2.07. The first kappa shape index (κ1) is 10.2. The van der Waals surface area contributed by atoms with Crippen LogP contribution in [-0.2, 0) is 9.53 Å². The minimum Gasteiger partial charge on any atom is -0.465 e. The van der Waals surface area contributed by atoms with Crippen LogP contribution in [-0.4, -0.2) is 19.5 Å². The van der Waals surface area contributed by atoms with Crippen molar-refractivity contribution in [2.45, 2.75) is 0 Å². The topological polar surface area (TPSA) is 55.4 Å². The Morgan fingerprint density at radius 1 is 1.57 bits per heavy atom. The van der Waals surface area contributed by atoms with Crippen molar-refractivity contribution in [1.82, 2.24) is 0 Å². The summed E-state index contributed by atoms with van der Waals surface area (Å²) in [6, 6.07) is 3.69. The van der Waals surface area contributed by atoms with Crippen molar-refractivity contribution in [2.75, 3.05) is 12.4 Å². The maximum absolute atomic E-state index is 13.2. The summed E-state index contributed by atoms with van der Waals surface area (Å²) in [7, 11) is 1.17. The highest BCUT2D eigenvalue weighted by atomic mass is 19.1. The van der Waals surface area contributed by atoms with E-state index in [0.29, 0.717) is 6.41 Å². The number of hydrogen-bond acceptors (Lipinski definition) is 3. The van der Waals surface area contributed by atoms with E-state index >= 15 is 0 Å². The van der Waals surface area contributed by atoms with Gasteiger partial charge in [-0.3, -0.25) is 4.79 Å². The van der Waals surface area contributed by atoms with Crippen LogP contribution in [0, 0.1) is 5.82 Å². The number of amides is 1. The molecule has 0 aliphatic heterocycles. The van der Waals surface area contributed by atoms with Gasteiger partial charge in [-0.25, -0.2) is 9.18 Å². The van der Waals surface area contributed by atoms with Gasteiger partial charge in [0.2, 0.25) is 6.41 Å². The van der Waals surface area contributed by atoms with Crippen LogP contribution in [0.2, 0.25) is 0 Å². The molecule has 1 N–H and O–H groups in total.